The molecule has 0 aliphatic heterocycles. The number of anilines is 2. The molecule has 4 heterocycles. The number of nitrogen functional groups attached to an aromatic ring is 1. The highest BCUT2D eigenvalue weighted by molar-refractivity contribution is 5.71. The monoisotopic (exact) mass is 398 g/mol. The van der Waals surface area contributed by atoms with Crippen LogP contribution in [0.3, 0.4) is 0 Å². The van der Waals surface area contributed by atoms with E-state index in [9.17, 15) is 0 Å². The molecule has 0 saturated heterocycles. The van der Waals surface area contributed by atoms with Crippen LogP contribution in [0.15, 0.2) is 61.6 Å². The average Bonchev–Trinajstić information content (AvgIpc) is 3.24. The van der Waals surface area contributed by atoms with Crippen LogP contribution in [0.25, 0.3) is 22.5 Å². The number of imidazole rings is 1. The molecule has 5 rings (SSSR count). The van der Waals surface area contributed by atoms with Crippen LogP contribution in [-0.2, 0) is 5.54 Å². The highest BCUT2D eigenvalue weighted by Crippen LogP contribution is 2.45. The third-order valence-electron chi connectivity index (χ3n) is 5.85. The fraction of sp³-hybridized carbons (Fsp3) is 0.227. The van der Waals surface area contributed by atoms with Gasteiger partial charge in [-0.25, -0.2) is 19.9 Å². The summed E-state index contributed by atoms with van der Waals surface area (Å²) in [6, 6.07) is 8.12. The molecule has 4 aromatic rings. The normalized spacial score (nSPS) is 14.8. The van der Waals surface area contributed by atoms with Crippen LogP contribution in [-0.4, -0.2) is 36.5 Å². The summed E-state index contributed by atoms with van der Waals surface area (Å²) in [5, 5.41) is 3.14. The summed E-state index contributed by atoms with van der Waals surface area (Å²) in [6.07, 6.45) is 14.4. The summed E-state index contributed by atoms with van der Waals surface area (Å²) in [4.78, 5) is 21.8. The zero-order valence-electron chi connectivity index (χ0n) is 16.7. The zero-order valence-corrected chi connectivity index (χ0v) is 16.7. The van der Waals surface area contributed by atoms with Crippen molar-refractivity contribution in [1.29, 1.82) is 0 Å². The molecule has 0 amide bonds. The lowest BCUT2D eigenvalue weighted by atomic mass is 9.72. The summed E-state index contributed by atoms with van der Waals surface area (Å²) < 4.78 is 2.22. The van der Waals surface area contributed by atoms with E-state index in [1.165, 1.54) is 12.0 Å². The maximum absolute atomic E-state index is 5.58. The van der Waals surface area contributed by atoms with Crippen molar-refractivity contribution in [3.05, 3.63) is 67.1 Å². The smallest absolute Gasteiger partial charge is 0.219 e. The van der Waals surface area contributed by atoms with Crippen LogP contribution in [0.1, 0.15) is 24.8 Å². The maximum atomic E-state index is 5.58. The third kappa shape index (κ3) is 2.97. The molecule has 0 aromatic carbocycles. The Kier molecular flexibility index (Phi) is 4.39. The fourth-order valence-corrected chi connectivity index (χ4v) is 4.02. The molecule has 1 aliphatic carbocycles. The molecule has 0 spiro atoms. The molecule has 4 aromatic heterocycles. The molecule has 150 valence electrons. The van der Waals surface area contributed by atoms with Crippen LogP contribution >= 0.6 is 0 Å². The molecule has 0 bridgehead atoms. The van der Waals surface area contributed by atoms with E-state index in [1.807, 2.05) is 37.8 Å². The summed E-state index contributed by atoms with van der Waals surface area (Å²) in [6.45, 7) is 0. The molecule has 8 nitrogen and oxygen atoms in total. The van der Waals surface area contributed by atoms with Crippen molar-refractivity contribution in [1.82, 2.24) is 29.5 Å². The van der Waals surface area contributed by atoms with E-state index in [2.05, 4.69) is 47.1 Å². The third-order valence-corrected chi connectivity index (χ3v) is 5.85. The first kappa shape index (κ1) is 18.2. The van der Waals surface area contributed by atoms with Gasteiger partial charge in [-0.1, -0.05) is 6.07 Å². The van der Waals surface area contributed by atoms with Crippen molar-refractivity contribution in [2.75, 3.05) is 18.1 Å². The standard InChI is InChI=1S/C22H22N8/c1-24-20-17(4-2-9-25-20)19-13-30(14-29-19)22(7-3-8-22)16-5-6-18(26-12-16)15-10-27-21(23)28-11-15/h2,4-6,9-14H,3,7-8H2,1H3,(H,24,25)(H2,23,27,28). The Labute approximate surface area is 174 Å². The molecular formula is C22H22N8. The average molecular weight is 398 g/mol. The zero-order chi connectivity index (χ0) is 20.6. The molecule has 8 heteroatoms. The maximum Gasteiger partial charge on any atom is 0.219 e. The van der Waals surface area contributed by atoms with Gasteiger partial charge < -0.3 is 15.6 Å². The van der Waals surface area contributed by atoms with E-state index in [-0.39, 0.29) is 11.5 Å². The van der Waals surface area contributed by atoms with E-state index in [4.69, 9.17) is 5.73 Å². The lowest BCUT2D eigenvalue weighted by Crippen LogP contribution is -2.41. The van der Waals surface area contributed by atoms with E-state index < -0.39 is 0 Å². The molecule has 1 saturated carbocycles. The van der Waals surface area contributed by atoms with Gasteiger partial charge in [0, 0.05) is 49.2 Å². The van der Waals surface area contributed by atoms with Gasteiger partial charge in [0.1, 0.15) is 5.82 Å². The van der Waals surface area contributed by atoms with Gasteiger partial charge in [-0.2, -0.15) is 0 Å². The van der Waals surface area contributed by atoms with Gasteiger partial charge in [0.05, 0.1) is 23.3 Å². The van der Waals surface area contributed by atoms with Gasteiger partial charge in [0.15, 0.2) is 0 Å². The Bertz CT molecular complexity index is 1160. The summed E-state index contributed by atoms with van der Waals surface area (Å²) in [5.74, 6) is 1.08. The number of aromatic nitrogens is 6. The first-order valence-electron chi connectivity index (χ1n) is 9.92. The van der Waals surface area contributed by atoms with Crippen molar-refractivity contribution in [3.63, 3.8) is 0 Å². The van der Waals surface area contributed by atoms with Crippen LogP contribution in [0.5, 0.6) is 0 Å². The SMILES string of the molecule is CNc1ncccc1-c1cn(C2(c3ccc(-c4cnc(N)nc4)nc3)CCC2)cn1. The Hall–Kier alpha value is -3.81. The molecule has 1 fully saturated rings. The fourth-order valence-electron chi connectivity index (χ4n) is 4.02. The Morgan fingerprint density at radius 3 is 2.47 bits per heavy atom. The van der Waals surface area contributed by atoms with E-state index in [1.54, 1.807) is 18.6 Å². The first-order chi connectivity index (χ1) is 14.7. The molecule has 30 heavy (non-hydrogen) atoms. The molecule has 0 unspecified atom stereocenters. The summed E-state index contributed by atoms with van der Waals surface area (Å²) >= 11 is 0. The van der Waals surface area contributed by atoms with Gasteiger partial charge in [0.25, 0.3) is 0 Å². The lowest BCUT2D eigenvalue weighted by molar-refractivity contribution is 0.196. The predicted octanol–water partition coefficient (Wildman–Crippen LogP) is 3.35. The number of nitrogens with two attached hydrogens (primary N) is 1. The van der Waals surface area contributed by atoms with Crippen LogP contribution in [0.2, 0.25) is 0 Å². The molecule has 0 atom stereocenters. The highest BCUT2D eigenvalue weighted by Gasteiger charge is 2.41. The van der Waals surface area contributed by atoms with Gasteiger partial charge >= 0.3 is 0 Å². The van der Waals surface area contributed by atoms with E-state index >= 15 is 0 Å². The first-order valence-corrected chi connectivity index (χ1v) is 9.92. The van der Waals surface area contributed by atoms with Crippen molar-refractivity contribution in [2.45, 2.75) is 24.8 Å². The number of hydrogen-bond donors (Lipinski definition) is 2. The van der Waals surface area contributed by atoms with E-state index in [0.717, 1.165) is 41.2 Å². The number of pyridine rings is 2. The predicted molar refractivity (Wildman–Crippen MR) is 116 cm³/mol. The van der Waals surface area contributed by atoms with Gasteiger partial charge in [0.2, 0.25) is 5.95 Å². The Morgan fingerprint density at radius 2 is 1.80 bits per heavy atom. The van der Waals surface area contributed by atoms with Crippen molar-refractivity contribution in [3.8, 4) is 22.5 Å². The number of nitrogens with one attached hydrogen (secondary N) is 1. The van der Waals surface area contributed by atoms with Gasteiger partial charge in [-0.05, 0) is 43.0 Å². The van der Waals surface area contributed by atoms with Crippen LogP contribution in [0.4, 0.5) is 11.8 Å². The minimum Gasteiger partial charge on any atom is -0.373 e. The minimum absolute atomic E-state index is 0.115. The minimum atomic E-state index is -0.115. The largest absolute Gasteiger partial charge is 0.373 e. The number of hydrogen-bond acceptors (Lipinski definition) is 7. The van der Waals surface area contributed by atoms with E-state index in [0.29, 0.717) is 0 Å². The second-order valence-electron chi connectivity index (χ2n) is 7.46. The second kappa shape index (κ2) is 7.22. The summed E-state index contributed by atoms with van der Waals surface area (Å²) in [5.41, 5.74) is 10.2. The van der Waals surface area contributed by atoms with Crippen molar-refractivity contribution in [2.24, 2.45) is 0 Å². The van der Waals surface area contributed by atoms with Crippen molar-refractivity contribution < 1.29 is 0 Å². The molecular weight excluding hydrogens is 376 g/mol. The molecule has 0 radical (unpaired) electrons. The van der Waals surface area contributed by atoms with Gasteiger partial charge in [-0.15, -0.1) is 0 Å². The number of nitrogens with zero attached hydrogens (tertiary/aromatic N) is 6. The summed E-state index contributed by atoms with van der Waals surface area (Å²) in [7, 11) is 1.87. The number of rotatable bonds is 5. The Morgan fingerprint density at radius 1 is 0.967 bits per heavy atom. The Balaban J connectivity index is 1.48. The van der Waals surface area contributed by atoms with Gasteiger partial charge in [-0.3, -0.25) is 4.98 Å². The highest BCUT2D eigenvalue weighted by atomic mass is 15.1. The lowest BCUT2D eigenvalue weighted by Gasteiger charge is -2.43. The van der Waals surface area contributed by atoms with Crippen LogP contribution < -0.4 is 11.1 Å². The molecule has 3 N–H and O–H groups in total. The van der Waals surface area contributed by atoms with Crippen molar-refractivity contribution >= 4 is 11.8 Å². The second-order valence-corrected chi connectivity index (χ2v) is 7.46. The quantitative estimate of drug-likeness (QED) is 0.531. The topological polar surface area (TPSA) is 107 Å². The van der Waals surface area contributed by atoms with Crippen LogP contribution in [0, 0.1) is 0 Å². The molecule has 1 aliphatic rings.